The number of nitrogens with zero attached hydrogens (tertiary/aromatic N) is 1. The van der Waals surface area contributed by atoms with Crippen LogP contribution in [0.25, 0.3) is 0 Å². The topological polar surface area (TPSA) is 125 Å². The fourth-order valence-corrected chi connectivity index (χ4v) is 2.12. The van der Waals surface area contributed by atoms with Crippen molar-refractivity contribution in [1.29, 1.82) is 0 Å². The van der Waals surface area contributed by atoms with Crippen LogP contribution in [-0.4, -0.2) is 60.1 Å². The van der Waals surface area contributed by atoms with Crippen LogP contribution in [0.5, 0.6) is 0 Å². The molecule has 3 amide bonds. The summed E-state index contributed by atoms with van der Waals surface area (Å²) >= 11 is 0. The average Bonchev–Trinajstić information content (AvgIpc) is 2.38. The van der Waals surface area contributed by atoms with Crippen molar-refractivity contribution in [3.63, 3.8) is 0 Å². The SMILES string of the molecule is NC(=O)C[C@@H](NC(=O)NCCN1CCCCC1)C(=O)O. The molecule has 8 heteroatoms. The Bertz CT molecular complexity index is 355. The van der Waals surface area contributed by atoms with E-state index < -0.39 is 30.4 Å². The van der Waals surface area contributed by atoms with Gasteiger partial charge in [-0.1, -0.05) is 6.42 Å². The molecular formula is C12H22N4O4. The minimum atomic E-state index is -1.29. The molecule has 20 heavy (non-hydrogen) atoms. The largest absolute Gasteiger partial charge is 0.480 e. The molecule has 1 aliphatic heterocycles. The Labute approximate surface area is 117 Å². The lowest BCUT2D eigenvalue weighted by molar-refractivity contribution is -0.140. The summed E-state index contributed by atoms with van der Waals surface area (Å²) in [6.07, 6.45) is 3.17. The molecule has 0 aromatic heterocycles. The molecule has 114 valence electrons. The van der Waals surface area contributed by atoms with E-state index in [0.717, 1.165) is 19.6 Å². The lowest BCUT2D eigenvalue weighted by atomic mass is 10.1. The first kappa shape index (κ1) is 16.2. The molecule has 8 nitrogen and oxygen atoms in total. The van der Waals surface area contributed by atoms with Gasteiger partial charge in [-0.05, 0) is 25.9 Å². The van der Waals surface area contributed by atoms with E-state index in [9.17, 15) is 14.4 Å². The van der Waals surface area contributed by atoms with Gasteiger partial charge >= 0.3 is 12.0 Å². The van der Waals surface area contributed by atoms with E-state index >= 15 is 0 Å². The van der Waals surface area contributed by atoms with Gasteiger partial charge in [-0.15, -0.1) is 0 Å². The molecule has 1 atom stereocenters. The summed E-state index contributed by atoms with van der Waals surface area (Å²) in [6.45, 7) is 3.24. The van der Waals surface area contributed by atoms with E-state index in [1.165, 1.54) is 19.3 Å². The zero-order valence-electron chi connectivity index (χ0n) is 11.4. The quantitative estimate of drug-likeness (QED) is 0.483. The zero-order valence-corrected chi connectivity index (χ0v) is 11.4. The number of carboxylic acid groups (broad SMARTS) is 1. The maximum atomic E-state index is 11.5. The van der Waals surface area contributed by atoms with Gasteiger partial charge in [0, 0.05) is 13.1 Å². The maximum absolute atomic E-state index is 11.5. The van der Waals surface area contributed by atoms with Crippen LogP contribution in [0.4, 0.5) is 4.79 Å². The second-order valence-electron chi connectivity index (χ2n) is 4.86. The van der Waals surface area contributed by atoms with E-state index in [4.69, 9.17) is 10.8 Å². The molecule has 1 fully saturated rings. The number of piperidine rings is 1. The van der Waals surface area contributed by atoms with Gasteiger partial charge in [0.1, 0.15) is 6.04 Å². The smallest absolute Gasteiger partial charge is 0.326 e. The van der Waals surface area contributed by atoms with Gasteiger partial charge in [0.2, 0.25) is 5.91 Å². The molecule has 0 aliphatic carbocycles. The highest BCUT2D eigenvalue weighted by atomic mass is 16.4. The van der Waals surface area contributed by atoms with E-state index in [-0.39, 0.29) is 0 Å². The average molecular weight is 286 g/mol. The molecule has 0 aromatic carbocycles. The summed E-state index contributed by atoms with van der Waals surface area (Å²) in [5.41, 5.74) is 4.92. The van der Waals surface area contributed by atoms with Crippen molar-refractivity contribution in [2.24, 2.45) is 5.73 Å². The minimum absolute atomic E-state index is 0.422. The number of amides is 3. The number of nitrogens with two attached hydrogens (primary N) is 1. The number of carbonyl (C=O) groups is 3. The fourth-order valence-electron chi connectivity index (χ4n) is 2.12. The molecule has 1 rings (SSSR count). The molecule has 1 aliphatic rings. The Kier molecular flexibility index (Phi) is 6.78. The lowest BCUT2D eigenvalue weighted by Crippen LogP contribution is -2.49. The Morgan fingerprint density at radius 3 is 2.40 bits per heavy atom. The Morgan fingerprint density at radius 2 is 1.85 bits per heavy atom. The molecule has 5 N–H and O–H groups in total. The molecule has 0 bridgehead atoms. The van der Waals surface area contributed by atoms with Crippen molar-refractivity contribution < 1.29 is 19.5 Å². The molecule has 0 unspecified atom stereocenters. The third-order valence-corrected chi connectivity index (χ3v) is 3.17. The number of nitrogens with one attached hydrogen (secondary N) is 2. The second-order valence-corrected chi connectivity index (χ2v) is 4.86. The summed E-state index contributed by atoms with van der Waals surface area (Å²) in [5.74, 6) is -2.05. The highest BCUT2D eigenvalue weighted by Gasteiger charge is 2.21. The molecule has 1 saturated heterocycles. The van der Waals surface area contributed by atoms with Crippen molar-refractivity contribution in [2.45, 2.75) is 31.7 Å². The van der Waals surface area contributed by atoms with Crippen molar-refractivity contribution >= 4 is 17.9 Å². The summed E-state index contributed by atoms with van der Waals surface area (Å²) in [7, 11) is 0. The molecule has 0 radical (unpaired) electrons. The normalized spacial score (nSPS) is 17.2. The van der Waals surface area contributed by atoms with E-state index in [2.05, 4.69) is 15.5 Å². The molecular weight excluding hydrogens is 264 g/mol. The second kappa shape index (κ2) is 8.36. The van der Waals surface area contributed by atoms with Crippen LogP contribution >= 0.6 is 0 Å². The van der Waals surface area contributed by atoms with Gasteiger partial charge in [-0.25, -0.2) is 9.59 Å². The van der Waals surface area contributed by atoms with Crippen LogP contribution in [0.3, 0.4) is 0 Å². The van der Waals surface area contributed by atoms with Gasteiger partial charge < -0.3 is 26.4 Å². The number of urea groups is 1. The number of carbonyl (C=O) groups excluding carboxylic acids is 2. The van der Waals surface area contributed by atoms with Crippen LogP contribution in [0.15, 0.2) is 0 Å². The summed E-state index contributed by atoms with van der Waals surface area (Å²) < 4.78 is 0. The minimum Gasteiger partial charge on any atom is -0.480 e. The summed E-state index contributed by atoms with van der Waals surface area (Å²) in [4.78, 5) is 35.3. The Hall–Kier alpha value is -1.83. The van der Waals surface area contributed by atoms with Crippen LogP contribution in [-0.2, 0) is 9.59 Å². The highest BCUT2D eigenvalue weighted by molar-refractivity contribution is 5.87. The molecule has 0 spiro atoms. The monoisotopic (exact) mass is 286 g/mol. The van der Waals surface area contributed by atoms with Crippen molar-refractivity contribution in [2.75, 3.05) is 26.2 Å². The van der Waals surface area contributed by atoms with Crippen molar-refractivity contribution in [3.05, 3.63) is 0 Å². The van der Waals surface area contributed by atoms with E-state index in [1.807, 2.05) is 0 Å². The van der Waals surface area contributed by atoms with Crippen molar-refractivity contribution in [1.82, 2.24) is 15.5 Å². The van der Waals surface area contributed by atoms with E-state index in [1.54, 1.807) is 0 Å². The fraction of sp³-hybridized carbons (Fsp3) is 0.750. The number of hydrogen-bond donors (Lipinski definition) is 4. The third-order valence-electron chi connectivity index (χ3n) is 3.17. The number of hydrogen-bond acceptors (Lipinski definition) is 4. The first-order valence-corrected chi connectivity index (χ1v) is 6.77. The van der Waals surface area contributed by atoms with Crippen LogP contribution < -0.4 is 16.4 Å². The van der Waals surface area contributed by atoms with Gasteiger partial charge in [0.15, 0.2) is 0 Å². The predicted octanol–water partition coefficient (Wildman–Crippen LogP) is -0.900. The van der Waals surface area contributed by atoms with Crippen LogP contribution in [0.2, 0.25) is 0 Å². The van der Waals surface area contributed by atoms with Gasteiger partial charge in [0.25, 0.3) is 0 Å². The number of aliphatic carboxylic acids is 1. The number of likely N-dealkylation sites (tertiary alicyclic amines) is 1. The third kappa shape index (κ3) is 6.37. The first-order valence-electron chi connectivity index (χ1n) is 6.77. The summed E-state index contributed by atoms with van der Waals surface area (Å²) in [5, 5.41) is 13.6. The Balaban J connectivity index is 2.23. The van der Waals surface area contributed by atoms with Gasteiger partial charge in [0.05, 0.1) is 6.42 Å². The van der Waals surface area contributed by atoms with Gasteiger partial charge in [-0.2, -0.15) is 0 Å². The van der Waals surface area contributed by atoms with E-state index in [0.29, 0.717) is 6.54 Å². The zero-order chi connectivity index (χ0) is 15.0. The maximum Gasteiger partial charge on any atom is 0.326 e. The molecule has 1 heterocycles. The summed E-state index contributed by atoms with van der Waals surface area (Å²) in [6, 6.07) is -1.89. The Morgan fingerprint density at radius 1 is 1.20 bits per heavy atom. The first-order chi connectivity index (χ1) is 9.49. The standard InChI is InChI=1S/C12H22N4O4/c13-10(17)8-9(11(18)19)15-12(20)14-4-7-16-5-2-1-3-6-16/h9H,1-8H2,(H2,13,17)(H,18,19)(H2,14,15,20)/t9-/m1/s1. The number of primary amides is 1. The highest BCUT2D eigenvalue weighted by Crippen LogP contribution is 2.07. The number of rotatable bonds is 7. The molecule has 0 aromatic rings. The van der Waals surface area contributed by atoms with Crippen LogP contribution in [0, 0.1) is 0 Å². The van der Waals surface area contributed by atoms with Gasteiger partial charge in [-0.3, -0.25) is 4.79 Å². The number of carboxylic acids is 1. The molecule has 0 saturated carbocycles. The van der Waals surface area contributed by atoms with Crippen LogP contribution in [0.1, 0.15) is 25.7 Å². The predicted molar refractivity (Wildman–Crippen MR) is 72.1 cm³/mol. The van der Waals surface area contributed by atoms with Crippen molar-refractivity contribution in [3.8, 4) is 0 Å². The lowest BCUT2D eigenvalue weighted by Gasteiger charge is -2.26.